The molecule has 9 N–H and O–H groups in total. The number of benzene rings is 1. The Balaban J connectivity index is 1.02. The average molecular weight is 930 g/mol. The molecule has 2 saturated heterocycles. The summed E-state index contributed by atoms with van der Waals surface area (Å²) in [5, 5.41) is 90.0. The molecular formula is C50H75NO15. The second-order valence-electron chi connectivity index (χ2n) is 22.3. The smallest absolute Gasteiger partial charge is 0.311 e. The van der Waals surface area contributed by atoms with Crippen LogP contribution in [0.25, 0.3) is 0 Å². The standard InChI is InChI=1S/C50H75NO15/c1-45(44(61)62-6)17-19-50(43(60)51-21-15-27-10-8-7-9-11-27)20-18-48(4)28(29(50)22-45)12-13-34-46(2)23-30(54)40(47(3,26-53)33(46)14-16-49(34,48)5)66-41-38(58)36(56)32(25-63-41)65-42-39(59)37(57)35(55)31(24-52)64-42/h7-12,29-42,52-59H,13-26H2,1-6H3,(H,51,60)/t29-,30-,31+,32+,33+,34+,35+,36-,37-,38+,39+,40-,41-,42-,45-,46-,47-,48+,49+,50-/m0/s1. The van der Waals surface area contributed by atoms with Gasteiger partial charge in [0, 0.05) is 12.0 Å². The molecule has 2 aliphatic heterocycles. The highest BCUT2D eigenvalue weighted by Gasteiger charge is 2.71. The molecule has 8 rings (SSSR count). The van der Waals surface area contributed by atoms with Gasteiger partial charge in [-0.3, -0.25) is 9.59 Å². The number of rotatable bonds is 11. The lowest BCUT2D eigenvalue weighted by atomic mass is 9.33. The SMILES string of the molecule is COC(=O)[C@@]1(C)CC[C@]2(C(=O)NCCc3ccccc3)CC[C@]3(C)C(=CC[C@@H]4[C@@]5(C)C[C@H](O)[C@H](O[C@@H]6OC[C@@H](O[C@@H]7O[C@H](CO)[C@@H](O)[C@H](O)[C@H]7O)[C@H](O)[C@H]6O)[C@@](C)(CO)[C@@H]5CC[C@]43C)[C@@H]2C1. The van der Waals surface area contributed by atoms with E-state index in [2.05, 4.69) is 44.3 Å². The number of nitrogens with one attached hydrogen (secondary N) is 1. The summed E-state index contributed by atoms with van der Waals surface area (Å²) in [6.45, 7) is 10.0. The molecule has 1 aromatic rings. The molecule has 1 aromatic carbocycles. The fraction of sp³-hybridized carbons (Fsp3) is 0.800. The van der Waals surface area contributed by atoms with Crippen LogP contribution in [0.3, 0.4) is 0 Å². The molecule has 0 unspecified atom stereocenters. The highest BCUT2D eigenvalue weighted by atomic mass is 16.7. The van der Waals surface area contributed by atoms with Crippen molar-refractivity contribution in [3.05, 3.63) is 47.5 Å². The minimum Gasteiger partial charge on any atom is -0.469 e. The van der Waals surface area contributed by atoms with Crippen molar-refractivity contribution in [1.29, 1.82) is 0 Å². The second-order valence-corrected chi connectivity index (χ2v) is 22.3. The van der Waals surface area contributed by atoms with Crippen molar-refractivity contribution in [3.8, 4) is 0 Å². The van der Waals surface area contributed by atoms with Crippen molar-refractivity contribution in [2.24, 2.45) is 50.2 Å². The van der Waals surface area contributed by atoms with E-state index in [0.29, 0.717) is 51.5 Å². The first-order valence-corrected chi connectivity index (χ1v) is 24.2. The molecular weight excluding hydrogens is 855 g/mol. The number of fused-ring (bicyclic) bond motifs is 7. The number of amides is 1. The van der Waals surface area contributed by atoms with Crippen LogP contribution in [0.4, 0.5) is 0 Å². The van der Waals surface area contributed by atoms with Gasteiger partial charge in [-0.15, -0.1) is 0 Å². The number of esters is 1. The monoisotopic (exact) mass is 930 g/mol. The zero-order valence-corrected chi connectivity index (χ0v) is 39.4. The predicted octanol–water partition coefficient (Wildman–Crippen LogP) is 1.89. The molecule has 5 aliphatic carbocycles. The van der Waals surface area contributed by atoms with E-state index in [1.54, 1.807) is 0 Å². The Morgan fingerprint density at radius 3 is 2.18 bits per heavy atom. The van der Waals surface area contributed by atoms with E-state index in [9.17, 15) is 50.4 Å². The number of aliphatic hydroxyl groups is 8. The molecule has 0 radical (unpaired) electrons. The Bertz CT molecular complexity index is 1950. The van der Waals surface area contributed by atoms with Crippen LogP contribution in [0.1, 0.15) is 98.0 Å². The summed E-state index contributed by atoms with van der Waals surface area (Å²) >= 11 is 0. The van der Waals surface area contributed by atoms with Gasteiger partial charge in [0.05, 0.1) is 50.0 Å². The molecule has 2 heterocycles. The summed E-state index contributed by atoms with van der Waals surface area (Å²) in [4.78, 5) is 28.1. The van der Waals surface area contributed by atoms with E-state index in [1.807, 2.05) is 32.0 Å². The number of aliphatic hydroxyl groups excluding tert-OH is 8. The summed E-state index contributed by atoms with van der Waals surface area (Å²) < 4.78 is 28.9. The lowest BCUT2D eigenvalue weighted by Crippen LogP contribution is -2.69. The van der Waals surface area contributed by atoms with Crippen LogP contribution >= 0.6 is 0 Å². The topological polar surface area (TPSA) is 254 Å². The van der Waals surface area contributed by atoms with Crippen LogP contribution in [-0.2, 0) is 39.7 Å². The maximum absolute atomic E-state index is 14.7. The van der Waals surface area contributed by atoms with Gasteiger partial charge >= 0.3 is 5.97 Å². The Kier molecular flexibility index (Phi) is 13.8. The first kappa shape index (κ1) is 49.8. The number of carbonyl (C=O) groups excluding carboxylic acids is 2. The molecule has 66 heavy (non-hydrogen) atoms. The highest BCUT2D eigenvalue weighted by Crippen LogP contribution is 2.76. The Hall–Kier alpha value is -2.58. The lowest BCUT2D eigenvalue weighted by molar-refractivity contribution is -0.357. The minimum atomic E-state index is -1.73. The summed E-state index contributed by atoms with van der Waals surface area (Å²) in [5.41, 5.74) is -1.13. The van der Waals surface area contributed by atoms with Crippen molar-refractivity contribution in [3.63, 3.8) is 0 Å². The predicted molar refractivity (Wildman–Crippen MR) is 237 cm³/mol. The molecule has 16 nitrogen and oxygen atoms in total. The van der Waals surface area contributed by atoms with Gasteiger partial charge in [0.1, 0.15) is 42.7 Å². The number of methoxy groups -OCH3 is 1. The van der Waals surface area contributed by atoms with Crippen molar-refractivity contribution >= 4 is 11.9 Å². The van der Waals surface area contributed by atoms with E-state index in [-0.39, 0.29) is 53.7 Å². The normalized spacial score (nSPS) is 49.0. The second kappa shape index (κ2) is 18.3. The molecule has 16 heteroatoms. The molecule has 1 amide bonds. The first-order chi connectivity index (χ1) is 31.2. The van der Waals surface area contributed by atoms with E-state index in [1.165, 1.54) is 12.7 Å². The van der Waals surface area contributed by atoms with E-state index in [4.69, 9.17) is 23.7 Å². The maximum Gasteiger partial charge on any atom is 0.311 e. The van der Waals surface area contributed by atoms with Gasteiger partial charge in [-0.25, -0.2) is 0 Å². The number of ether oxygens (including phenoxy) is 5. The number of hydrogen-bond acceptors (Lipinski definition) is 15. The third-order valence-electron chi connectivity index (χ3n) is 19.0. The van der Waals surface area contributed by atoms with Gasteiger partial charge in [0.2, 0.25) is 5.91 Å². The fourth-order valence-electron chi connectivity index (χ4n) is 14.9. The molecule has 7 aliphatic rings. The summed E-state index contributed by atoms with van der Waals surface area (Å²) in [6, 6.07) is 10.1. The zero-order chi connectivity index (χ0) is 47.8. The number of hydrogen-bond donors (Lipinski definition) is 9. The van der Waals surface area contributed by atoms with Gasteiger partial charge in [0.15, 0.2) is 12.6 Å². The molecule has 0 spiro atoms. The van der Waals surface area contributed by atoms with Crippen LogP contribution in [0.2, 0.25) is 0 Å². The van der Waals surface area contributed by atoms with Crippen molar-refractivity contribution in [1.82, 2.24) is 5.32 Å². The van der Waals surface area contributed by atoms with Crippen LogP contribution in [0, 0.1) is 50.2 Å². The molecule has 20 atom stereocenters. The zero-order valence-electron chi connectivity index (χ0n) is 39.4. The van der Waals surface area contributed by atoms with Crippen LogP contribution in [-0.4, -0.2) is 154 Å². The molecule has 0 bridgehead atoms. The Labute approximate surface area is 388 Å². The van der Waals surface area contributed by atoms with Gasteiger partial charge in [-0.1, -0.05) is 69.7 Å². The number of carbonyl (C=O) groups is 2. The third kappa shape index (κ3) is 7.81. The Morgan fingerprint density at radius 2 is 1.50 bits per heavy atom. The quantitative estimate of drug-likeness (QED) is 0.0873. The van der Waals surface area contributed by atoms with Crippen molar-refractivity contribution < 1.29 is 74.1 Å². The van der Waals surface area contributed by atoms with Gasteiger partial charge < -0.3 is 69.9 Å². The van der Waals surface area contributed by atoms with Crippen LogP contribution in [0.5, 0.6) is 0 Å². The van der Waals surface area contributed by atoms with E-state index < -0.39 is 95.8 Å². The van der Waals surface area contributed by atoms with Crippen LogP contribution in [0.15, 0.2) is 42.0 Å². The van der Waals surface area contributed by atoms with Crippen molar-refractivity contribution in [2.75, 3.05) is 33.5 Å². The number of allylic oxidation sites excluding steroid dienone is 2. The largest absolute Gasteiger partial charge is 0.469 e. The maximum atomic E-state index is 14.7. The minimum absolute atomic E-state index is 0.0535. The highest BCUT2D eigenvalue weighted by molar-refractivity contribution is 5.85. The van der Waals surface area contributed by atoms with E-state index in [0.717, 1.165) is 24.8 Å². The van der Waals surface area contributed by atoms with Crippen LogP contribution < -0.4 is 5.32 Å². The molecule has 4 saturated carbocycles. The van der Waals surface area contributed by atoms with Crippen molar-refractivity contribution in [2.45, 2.75) is 166 Å². The van der Waals surface area contributed by atoms with E-state index >= 15 is 0 Å². The molecule has 370 valence electrons. The summed E-state index contributed by atoms with van der Waals surface area (Å²) in [5.74, 6) is -0.438. The summed E-state index contributed by atoms with van der Waals surface area (Å²) in [7, 11) is 1.44. The van der Waals surface area contributed by atoms with Gasteiger partial charge in [0.25, 0.3) is 0 Å². The molecule has 0 aromatic heterocycles. The van der Waals surface area contributed by atoms with Gasteiger partial charge in [-0.2, -0.15) is 0 Å². The summed E-state index contributed by atoms with van der Waals surface area (Å²) in [6.07, 6.45) is -7.23. The fourth-order valence-corrected chi connectivity index (χ4v) is 14.9. The molecule has 6 fully saturated rings. The third-order valence-corrected chi connectivity index (χ3v) is 19.0. The average Bonchev–Trinajstić information content (AvgIpc) is 3.30. The van der Waals surface area contributed by atoms with Gasteiger partial charge in [-0.05, 0) is 111 Å². The Morgan fingerprint density at radius 1 is 0.803 bits per heavy atom. The first-order valence-electron chi connectivity index (χ1n) is 24.2. The lowest BCUT2D eigenvalue weighted by Gasteiger charge is -2.72.